The lowest BCUT2D eigenvalue weighted by molar-refractivity contribution is 0.568. The fraction of sp³-hybridized carbons (Fsp3) is 0.208. The van der Waals surface area contributed by atoms with Gasteiger partial charge in [0.25, 0.3) is 0 Å². The highest BCUT2D eigenvalue weighted by Crippen LogP contribution is 2.44. The Bertz CT molecular complexity index is 4460. The molecule has 0 aliphatic heterocycles. The smallest absolute Gasteiger partial charge is 0.164 e. The standard InChI is InChI=1S/C77H71N7/c1-74(2,3)53-38-51(39-54(43-53)75(4,5)6)72-80-71(81-73(82-72)52-40-55(76(7,8)9)44-56(41-52)77(10,11)12)50-36-37-67(62(42-50)64-46-63(48-26-16-13-17-27-48)78-70(79-64)49-28-18-14-19-29-49)84-66-35-25-23-33-59(66)61-45-60-58-32-22-24-34-65(58)83(68(60)47-69(61)84)57-30-20-15-21-31-57/h13-47H,1-12H3. The Balaban J connectivity index is 1.14. The topological polar surface area (TPSA) is 74.3 Å². The SMILES string of the molecule is CC(C)(C)c1cc(-c2nc(-c3cc(C(C)(C)C)cc(C(C)(C)C)c3)nc(-c3ccc(-n4c5ccccc5c5cc6c7ccccc7n(-c7ccccc7)c6cc54)c(-c4cc(-c5ccccc5)nc(-c5ccccc5)n4)c3)n2)cc(C(C)(C)C)c1. The molecule has 13 aromatic rings. The van der Waals surface area contributed by atoms with Crippen molar-refractivity contribution in [3.8, 4) is 79.4 Å². The van der Waals surface area contributed by atoms with Gasteiger partial charge >= 0.3 is 0 Å². The minimum absolute atomic E-state index is 0.131. The van der Waals surface area contributed by atoms with Crippen LogP contribution in [0, 0.1) is 0 Å². The fourth-order valence-corrected chi connectivity index (χ4v) is 11.7. The largest absolute Gasteiger partial charge is 0.309 e. The van der Waals surface area contributed by atoms with E-state index in [2.05, 4.69) is 280 Å². The summed E-state index contributed by atoms with van der Waals surface area (Å²) < 4.78 is 4.84. The molecule has 0 radical (unpaired) electrons. The second kappa shape index (κ2) is 20.2. The van der Waals surface area contributed by atoms with Crippen LogP contribution in [0.4, 0.5) is 0 Å². The van der Waals surface area contributed by atoms with E-state index in [-0.39, 0.29) is 21.7 Å². The summed E-state index contributed by atoms with van der Waals surface area (Å²) in [5, 5.41) is 4.72. The van der Waals surface area contributed by atoms with E-state index in [0.717, 1.165) is 89.0 Å². The van der Waals surface area contributed by atoms with E-state index in [0.29, 0.717) is 23.3 Å². The van der Waals surface area contributed by atoms with Crippen LogP contribution >= 0.6 is 0 Å². The Labute approximate surface area is 493 Å². The highest BCUT2D eigenvalue weighted by Gasteiger charge is 2.27. The molecule has 0 unspecified atom stereocenters. The third-order valence-electron chi connectivity index (χ3n) is 16.6. The summed E-state index contributed by atoms with van der Waals surface area (Å²) in [6.45, 7) is 27.3. The first kappa shape index (κ1) is 53.9. The number of hydrogen-bond acceptors (Lipinski definition) is 5. The lowest BCUT2D eigenvalue weighted by atomic mass is 9.79. The molecular formula is C77H71N7. The van der Waals surface area contributed by atoms with E-state index in [4.69, 9.17) is 24.9 Å². The lowest BCUT2D eigenvalue weighted by Crippen LogP contribution is -2.17. The molecule has 4 aromatic heterocycles. The normalized spacial score (nSPS) is 12.5. The van der Waals surface area contributed by atoms with Crippen molar-refractivity contribution >= 4 is 43.6 Å². The van der Waals surface area contributed by atoms with Gasteiger partial charge in [-0.2, -0.15) is 0 Å². The molecule has 414 valence electrons. The van der Waals surface area contributed by atoms with E-state index in [1.807, 2.05) is 24.3 Å². The van der Waals surface area contributed by atoms with Crippen LogP contribution in [0.2, 0.25) is 0 Å². The van der Waals surface area contributed by atoms with E-state index < -0.39 is 0 Å². The average molecular weight is 1090 g/mol. The Kier molecular flexibility index (Phi) is 13.0. The molecule has 0 saturated carbocycles. The number of fused-ring (bicyclic) bond motifs is 6. The molecule has 7 nitrogen and oxygen atoms in total. The quantitative estimate of drug-likeness (QED) is 0.152. The number of aromatic nitrogens is 7. The van der Waals surface area contributed by atoms with Crippen molar-refractivity contribution in [2.24, 2.45) is 0 Å². The van der Waals surface area contributed by atoms with Gasteiger partial charge in [0, 0.05) is 60.6 Å². The summed E-state index contributed by atoms with van der Waals surface area (Å²) in [6.07, 6.45) is 0. The van der Waals surface area contributed by atoms with Crippen molar-refractivity contribution in [3.05, 3.63) is 235 Å². The number of para-hydroxylation sites is 3. The summed E-state index contributed by atoms with van der Waals surface area (Å²) in [6, 6.07) is 76.4. The lowest BCUT2D eigenvalue weighted by Gasteiger charge is -2.26. The Morgan fingerprint density at radius 2 is 0.667 bits per heavy atom. The Morgan fingerprint density at radius 3 is 1.17 bits per heavy atom. The second-order valence-corrected chi connectivity index (χ2v) is 26.8. The third-order valence-corrected chi connectivity index (χ3v) is 16.6. The molecule has 0 fully saturated rings. The van der Waals surface area contributed by atoms with Gasteiger partial charge in [-0.05, 0) is 129 Å². The van der Waals surface area contributed by atoms with E-state index in [1.54, 1.807) is 0 Å². The van der Waals surface area contributed by atoms with Gasteiger partial charge in [-0.25, -0.2) is 24.9 Å². The summed E-state index contributed by atoms with van der Waals surface area (Å²) in [5.74, 6) is 2.44. The van der Waals surface area contributed by atoms with Crippen LogP contribution < -0.4 is 0 Å². The molecule has 0 aliphatic carbocycles. The van der Waals surface area contributed by atoms with Gasteiger partial charge in [0.2, 0.25) is 0 Å². The molecular weight excluding hydrogens is 1020 g/mol. The molecule has 84 heavy (non-hydrogen) atoms. The van der Waals surface area contributed by atoms with Gasteiger partial charge in [0.1, 0.15) is 0 Å². The van der Waals surface area contributed by atoms with Crippen molar-refractivity contribution < 1.29 is 0 Å². The molecule has 13 rings (SSSR count). The number of rotatable bonds is 8. The van der Waals surface area contributed by atoms with Crippen LogP contribution in [0.5, 0.6) is 0 Å². The van der Waals surface area contributed by atoms with Crippen molar-refractivity contribution in [1.29, 1.82) is 0 Å². The van der Waals surface area contributed by atoms with Gasteiger partial charge in [-0.3, -0.25) is 0 Å². The summed E-state index contributed by atoms with van der Waals surface area (Å²) in [4.78, 5) is 27.5. The van der Waals surface area contributed by atoms with Crippen LogP contribution in [0.1, 0.15) is 105 Å². The summed E-state index contributed by atoms with van der Waals surface area (Å²) in [5.41, 5.74) is 18.0. The maximum Gasteiger partial charge on any atom is 0.164 e. The highest BCUT2D eigenvalue weighted by atomic mass is 15.0. The number of hydrogen-bond donors (Lipinski definition) is 0. The first-order chi connectivity index (χ1) is 40.1. The zero-order chi connectivity index (χ0) is 58.5. The van der Waals surface area contributed by atoms with E-state index in [9.17, 15) is 0 Å². The zero-order valence-electron chi connectivity index (χ0n) is 50.3. The minimum atomic E-state index is -0.131. The van der Waals surface area contributed by atoms with Crippen LogP contribution in [0.3, 0.4) is 0 Å². The van der Waals surface area contributed by atoms with E-state index in [1.165, 1.54) is 33.0 Å². The van der Waals surface area contributed by atoms with Gasteiger partial charge in [-0.15, -0.1) is 0 Å². The fourth-order valence-electron chi connectivity index (χ4n) is 11.7. The molecule has 0 atom stereocenters. The molecule has 0 amide bonds. The van der Waals surface area contributed by atoms with Crippen molar-refractivity contribution in [1.82, 2.24) is 34.1 Å². The zero-order valence-corrected chi connectivity index (χ0v) is 50.3. The maximum atomic E-state index is 5.58. The molecule has 0 saturated heterocycles. The molecule has 7 heteroatoms. The predicted molar refractivity (Wildman–Crippen MR) is 352 cm³/mol. The molecule has 0 bridgehead atoms. The van der Waals surface area contributed by atoms with Gasteiger partial charge in [0.15, 0.2) is 23.3 Å². The van der Waals surface area contributed by atoms with Crippen molar-refractivity contribution in [3.63, 3.8) is 0 Å². The van der Waals surface area contributed by atoms with Crippen LogP contribution in [-0.4, -0.2) is 34.1 Å². The van der Waals surface area contributed by atoms with Crippen LogP contribution in [-0.2, 0) is 21.7 Å². The third kappa shape index (κ3) is 9.95. The summed E-state index contributed by atoms with van der Waals surface area (Å²) in [7, 11) is 0. The number of benzene rings is 9. The van der Waals surface area contributed by atoms with Gasteiger partial charge in [-0.1, -0.05) is 210 Å². The van der Waals surface area contributed by atoms with Gasteiger partial charge in [0.05, 0.1) is 39.1 Å². The highest BCUT2D eigenvalue weighted by molar-refractivity contribution is 6.19. The molecule has 0 N–H and O–H groups in total. The molecule has 0 spiro atoms. The number of nitrogens with zero attached hydrogens (tertiary/aromatic N) is 7. The first-order valence-corrected chi connectivity index (χ1v) is 29.4. The Hall–Kier alpha value is -9.33. The van der Waals surface area contributed by atoms with Crippen molar-refractivity contribution in [2.75, 3.05) is 0 Å². The molecule has 0 aliphatic rings. The summed E-state index contributed by atoms with van der Waals surface area (Å²) >= 11 is 0. The van der Waals surface area contributed by atoms with Crippen molar-refractivity contribution in [2.45, 2.75) is 105 Å². The second-order valence-electron chi connectivity index (χ2n) is 26.8. The minimum Gasteiger partial charge on any atom is -0.309 e. The van der Waals surface area contributed by atoms with E-state index >= 15 is 0 Å². The Morgan fingerprint density at radius 1 is 0.262 bits per heavy atom. The monoisotopic (exact) mass is 1090 g/mol. The predicted octanol–water partition coefficient (Wildman–Crippen LogP) is 20.0. The van der Waals surface area contributed by atoms with Gasteiger partial charge < -0.3 is 9.13 Å². The van der Waals surface area contributed by atoms with Crippen LogP contribution in [0.15, 0.2) is 212 Å². The molecule has 9 aromatic carbocycles. The molecule has 4 heterocycles. The average Bonchev–Trinajstić information content (AvgIpc) is 1.79. The maximum absolute atomic E-state index is 5.58. The first-order valence-electron chi connectivity index (χ1n) is 29.4. The van der Waals surface area contributed by atoms with Crippen LogP contribution in [0.25, 0.3) is 123 Å².